The minimum absolute atomic E-state index is 0.0800. The van der Waals surface area contributed by atoms with Crippen LogP contribution in [0.3, 0.4) is 0 Å². The van der Waals surface area contributed by atoms with Gasteiger partial charge in [-0.2, -0.15) is 0 Å². The summed E-state index contributed by atoms with van der Waals surface area (Å²) in [5.41, 5.74) is 0.137. The van der Waals surface area contributed by atoms with Gasteiger partial charge in [0, 0.05) is 25.7 Å². The summed E-state index contributed by atoms with van der Waals surface area (Å²) in [6.07, 6.45) is 1.40. The standard InChI is InChI=1S/C16H17N3O7S2/c20-15-14(27-16(21)17-15)10-11-1-2-13(12(9-11)19(22)23)26-6-3-18-4-7-28(24,25)8-5-18/h1-2,9-10H,3-8H2,(H,17,20,21)/b14-10-. The first kappa shape index (κ1) is 20.3. The van der Waals surface area contributed by atoms with E-state index in [4.69, 9.17) is 4.74 Å². The summed E-state index contributed by atoms with van der Waals surface area (Å²) < 4.78 is 28.4. The van der Waals surface area contributed by atoms with Gasteiger partial charge in [0.25, 0.3) is 11.1 Å². The second kappa shape index (κ2) is 8.29. The molecule has 1 N–H and O–H groups in total. The van der Waals surface area contributed by atoms with Gasteiger partial charge in [0.05, 0.1) is 21.3 Å². The maximum absolute atomic E-state index is 11.6. The number of rotatable bonds is 6. The van der Waals surface area contributed by atoms with E-state index in [2.05, 4.69) is 5.32 Å². The highest BCUT2D eigenvalue weighted by Gasteiger charge is 2.26. The number of hydrogen-bond acceptors (Lipinski definition) is 9. The zero-order chi connectivity index (χ0) is 20.3. The van der Waals surface area contributed by atoms with E-state index in [0.29, 0.717) is 25.2 Å². The maximum Gasteiger partial charge on any atom is 0.311 e. The van der Waals surface area contributed by atoms with Gasteiger partial charge in [0.1, 0.15) is 6.61 Å². The van der Waals surface area contributed by atoms with E-state index in [1.807, 2.05) is 4.90 Å². The average Bonchev–Trinajstić information content (AvgIpc) is 2.94. The first-order valence-corrected chi connectivity index (χ1v) is 11.0. The van der Waals surface area contributed by atoms with Crippen molar-refractivity contribution in [3.8, 4) is 5.75 Å². The lowest BCUT2D eigenvalue weighted by Crippen LogP contribution is -2.42. The average molecular weight is 427 g/mol. The predicted octanol–water partition coefficient (Wildman–Crippen LogP) is 1.03. The Balaban J connectivity index is 1.65. The lowest BCUT2D eigenvalue weighted by Gasteiger charge is -2.26. The quantitative estimate of drug-likeness (QED) is 0.401. The first-order valence-electron chi connectivity index (χ1n) is 8.32. The summed E-state index contributed by atoms with van der Waals surface area (Å²) in [6, 6.07) is 4.26. The monoisotopic (exact) mass is 427 g/mol. The van der Waals surface area contributed by atoms with E-state index in [0.717, 1.165) is 11.8 Å². The van der Waals surface area contributed by atoms with Crippen LogP contribution in [0.25, 0.3) is 6.08 Å². The van der Waals surface area contributed by atoms with Crippen LogP contribution in [0, 0.1) is 10.1 Å². The zero-order valence-corrected chi connectivity index (χ0v) is 16.3. The molecule has 0 aliphatic carbocycles. The van der Waals surface area contributed by atoms with Gasteiger partial charge >= 0.3 is 5.69 Å². The van der Waals surface area contributed by atoms with Crippen molar-refractivity contribution >= 4 is 44.5 Å². The Labute approximate surface area is 165 Å². The van der Waals surface area contributed by atoms with E-state index in [1.165, 1.54) is 18.2 Å². The van der Waals surface area contributed by atoms with Crippen LogP contribution < -0.4 is 10.1 Å². The molecule has 0 spiro atoms. The number of nitro groups is 1. The van der Waals surface area contributed by atoms with Crippen LogP contribution in [0.5, 0.6) is 5.75 Å². The van der Waals surface area contributed by atoms with Gasteiger partial charge in [-0.15, -0.1) is 0 Å². The second-order valence-electron chi connectivity index (χ2n) is 6.18. The minimum atomic E-state index is -2.96. The minimum Gasteiger partial charge on any atom is -0.485 e. The summed E-state index contributed by atoms with van der Waals surface area (Å²) in [5, 5.41) is 13.0. The van der Waals surface area contributed by atoms with E-state index in [1.54, 1.807) is 6.07 Å². The van der Waals surface area contributed by atoms with E-state index < -0.39 is 25.9 Å². The molecule has 1 aromatic rings. The molecule has 12 heteroatoms. The summed E-state index contributed by atoms with van der Waals surface area (Å²) in [6.45, 7) is 1.46. The number of ether oxygens (including phenoxy) is 1. The number of hydrogen-bond donors (Lipinski definition) is 1. The van der Waals surface area contributed by atoms with Crippen molar-refractivity contribution in [1.29, 1.82) is 0 Å². The smallest absolute Gasteiger partial charge is 0.311 e. The molecule has 2 heterocycles. The molecule has 2 aliphatic heterocycles. The normalized spacial score (nSPS) is 20.9. The van der Waals surface area contributed by atoms with Crippen LogP contribution in [0.2, 0.25) is 0 Å². The van der Waals surface area contributed by atoms with Crippen molar-refractivity contribution < 1.29 is 27.7 Å². The molecule has 2 saturated heterocycles. The summed E-state index contributed by atoms with van der Waals surface area (Å²) in [4.78, 5) is 35.6. The Morgan fingerprint density at radius 3 is 2.61 bits per heavy atom. The van der Waals surface area contributed by atoms with Gasteiger partial charge in [0.2, 0.25) is 0 Å². The third-order valence-corrected chi connectivity index (χ3v) is 6.64. The number of nitrogens with zero attached hydrogens (tertiary/aromatic N) is 2. The molecule has 28 heavy (non-hydrogen) atoms. The highest BCUT2D eigenvalue weighted by Crippen LogP contribution is 2.31. The molecule has 150 valence electrons. The van der Waals surface area contributed by atoms with Gasteiger partial charge < -0.3 is 4.74 Å². The fourth-order valence-corrected chi connectivity index (χ4v) is 4.68. The molecule has 0 saturated carbocycles. The van der Waals surface area contributed by atoms with Gasteiger partial charge in [-0.05, 0) is 29.5 Å². The second-order valence-corrected chi connectivity index (χ2v) is 9.50. The van der Waals surface area contributed by atoms with Crippen molar-refractivity contribution in [2.45, 2.75) is 0 Å². The molecule has 1 aromatic carbocycles. The van der Waals surface area contributed by atoms with E-state index in [-0.39, 0.29) is 34.5 Å². The molecule has 2 amide bonds. The lowest BCUT2D eigenvalue weighted by molar-refractivity contribution is -0.385. The molecular weight excluding hydrogens is 410 g/mol. The van der Waals surface area contributed by atoms with Crippen LogP contribution in [-0.2, 0) is 14.6 Å². The van der Waals surface area contributed by atoms with Crippen LogP contribution in [0.4, 0.5) is 10.5 Å². The fraction of sp³-hybridized carbons (Fsp3) is 0.375. The van der Waals surface area contributed by atoms with E-state index in [9.17, 15) is 28.1 Å². The Morgan fingerprint density at radius 1 is 1.29 bits per heavy atom. The number of nitro benzene ring substituents is 1. The lowest BCUT2D eigenvalue weighted by atomic mass is 10.1. The molecular formula is C16H17N3O7S2. The van der Waals surface area contributed by atoms with Gasteiger partial charge in [0.15, 0.2) is 15.6 Å². The highest BCUT2D eigenvalue weighted by atomic mass is 32.2. The number of carbonyl (C=O) groups excluding carboxylic acids is 2. The third-order valence-electron chi connectivity index (χ3n) is 4.22. The molecule has 2 aliphatic rings. The summed E-state index contributed by atoms with van der Waals surface area (Å²) in [5.74, 6) is -0.257. The topological polar surface area (TPSA) is 136 Å². The number of benzene rings is 1. The molecule has 0 atom stereocenters. The molecule has 0 bridgehead atoms. The van der Waals surface area contributed by atoms with Crippen LogP contribution in [0.15, 0.2) is 23.1 Å². The van der Waals surface area contributed by atoms with Crippen LogP contribution in [-0.4, -0.2) is 67.1 Å². The fourth-order valence-electron chi connectivity index (χ4n) is 2.72. The van der Waals surface area contributed by atoms with Crippen LogP contribution in [0.1, 0.15) is 5.56 Å². The van der Waals surface area contributed by atoms with Crippen molar-refractivity contribution in [3.63, 3.8) is 0 Å². The molecule has 0 aromatic heterocycles. The summed E-state index contributed by atoms with van der Waals surface area (Å²) >= 11 is 0.729. The Kier molecular flexibility index (Phi) is 6.01. The Morgan fingerprint density at radius 2 is 2.00 bits per heavy atom. The van der Waals surface area contributed by atoms with Crippen LogP contribution >= 0.6 is 11.8 Å². The molecule has 10 nitrogen and oxygen atoms in total. The maximum atomic E-state index is 11.6. The number of imide groups is 1. The van der Waals surface area contributed by atoms with Gasteiger partial charge in [-0.1, -0.05) is 6.07 Å². The number of amides is 2. The van der Waals surface area contributed by atoms with Crippen molar-refractivity contribution in [2.24, 2.45) is 0 Å². The SMILES string of the molecule is O=C1NC(=O)/C(=C/c2ccc(OCCN3CCS(=O)(=O)CC3)c([N+](=O)[O-])c2)S1. The van der Waals surface area contributed by atoms with Crippen molar-refractivity contribution in [1.82, 2.24) is 10.2 Å². The third kappa shape index (κ3) is 5.09. The molecule has 0 unspecified atom stereocenters. The zero-order valence-electron chi connectivity index (χ0n) is 14.6. The van der Waals surface area contributed by atoms with Crippen molar-refractivity contribution in [2.75, 3.05) is 37.7 Å². The number of sulfone groups is 1. The number of nitrogens with one attached hydrogen (secondary N) is 1. The number of carbonyl (C=O) groups is 2. The Hall–Kier alpha value is -2.44. The molecule has 0 radical (unpaired) electrons. The largest absolute Gasteiger partial charge is 0.485 e. The Bertz CT molecular complexity index is 945. The van der Waals surface area contributed by atoms with Gasteiger partial charge in [-0.25, -0.2) is 8.42 Å². The first-order chi connectivity index (χ1) is 13.2. The van der Waals surface area contributed by atoms with Gasteiger partial charge in [-0.3, -0.25) is 29.9 Å². The van der Waals surface area contributed by atoms with Crippen molar-refractivity contribution in [3.05, 3.63) is 38.8 Å². The molecule has 3 rings (SSSR count). The predicted molar refractivity (Wildman–Crippen MR) is 103 cm³/mol. The molecule has 2 fully saturated rings. The van der Waals surface area contributed by atoms with E-state index >= 15 is 0 Å². The highest BCUT2D eigenvalue weighted by molar-refractivity contribution is 8.18. The number of thioether (sulfide) groups is 1. The summed E-state index contributed by atoms with van der Waals surface area (Å²) in [7, 11) is -2.96.